The van der Waals surface area contributed by atoms with Gasteiger partial charge in [-0.2, -0.15) is 0 Å². The Morgan fingerprint density at radius 3 is 2.47 bits per heavy atom. The summed E-state index contributed by atoms with van der Waals surface area (Å²) in [5, 5.41) is 2.02. The molecule has 2 atom stereocenters. The van der Waals surface area contributed by atoms with Crippen LogP contribution in [0.15, 0.2) is 47.9 Å². The number of halogens is 1. The van der Waals surface area contributed by atoms with Crippen LogP contribution in [0.4, 0.5) is 5.13 Å². The first-order valence-electron chi connectivity index (χ1n) is 10.2. The molecule has 1 aliphatic heterocycles. The lowest BCUT2D eigenvalue weighted by molar-refractivity contribution is 0.518. The van der Waals surface area contributed by atoms with Gasteiger partial charge in [0.2, 0.25) is 0 Å². The molecule has 0 N–H and O–H groups in total. The van der Waals surface area contributed by atoms with E-state index in [4.69, 9.17) is 16.6 Å². The first-order valence-corrected chi connectivity index (χ1v) is 13.1. The lowest BCUT2D eigenvalue weighted by atomic mass is 10.0. The van der Waals surface area contributed by atoms with Gasteiger partial charge in [-0.1, -0.05) is 42.5 Å². The molecule has 4 rings (SSSR count). The second-order valence-electron chi connectivity index (χ2n) is 8.37. The molecule has 2 unspecified atom stereocenters. The zero-order valence-electron chi connectivity index (χ0n) is 17.5. The molecule has 0 spiro atoms. The van der Waals surface area contributed by atoms with Gasteiger partial charge in [0, 0.05) is 24.0 Å². The first kappa shape index (κ1) is 21.6. The highest BCUT2D eigenvalue weighted by molar-refractivity contribution is 7.93. The molecule has 2 heterocycles. The fourth-order valence-corrected chi connectivity index (χ4v) is 8.15. The van der Waals surface area contributed by atoms with Crippen molar-refractivity contribution in [2.24, 2.45) is 0 Å². The molecule has 0 radical (unpaired) electrons. The largest absolute Gasteiger partial charge is 0.348 e. The molecule has 1 aromatic carbocycles. The van der Waals surface area contributed by atoms with Gasteiger partial charge in [0.15, 0.2) is 15.0 Å². The van der Waals surface area contributed by atoms with E-state index in [1.165, 1.54) is 16.7 Å². The topological polar surface area (TPSA) is 50.3 Å². The molecule has 1 saturated heterocycles. The fraction of sp³-hybridized carbons (Fsp3) is 0.435. The van der Waals surface area contributed by atoms with Crippen LogP contribution >= 0.6 is 22.9 Å². The maximum atomic E-state index is 13.3. The van der Waals surface area contributed by atoms with Crippen molar-refractivity contribution in [3.05, 3.63) is 59.0 Å². The summed E-state index contributed by atoms with van der Waals surface area (Å²) in [6, 6.07) is 6.28. The number of thiazole rings is 1. The summed E-state index contributed by atoms with van der Waals surface area (Å²) in [6.07, 6.45) is 8.30. The fourth-order valence-electron chi connectivity index (χ4n) is 4.45. The van der Waals surface area contributed by atoms with Crippen molar-refractivity contribution in [1.82, 2.24) is 4.98 Å². The Bertz CT molecular complexity index is 1070. The molecular weight excluding hydrogens is 436 g/mol. The molecular formula is C23H27ClN2O2S2. The van der Waals surface area contributed by atoms with E-state index in [2.05, 4.69) is 42.3 Å². The summed E-state index contributed by atoms with van der Waals surface area (Å²) in [5.41, 5.74) is 4.62. The number of sulfone groups is 1. The second kappa shape index (κ2) is 8.13. The van der Waals surface area contributed by atoms with Crippen LogP contribution in [0.3, 0.4) is 0 Å². The Morgan fingerprint density at radius 1 is 1.17 bits per heavy atom. The number of benzene rings is 1. The van der Waals surface area contributed by atoms with Crippen LogP contribution < -0.4 is 4.90 Å². The number of aromatic nitrogens is 1. The van der Waals surface area contributed by atoms with Crippen molar-refractivity contribution >= 4 is 37.9 Å². The summed E-state index contributed by atoms with van der Waals surface area (Å²) in [6.45, 7) is 7.37. The van der Waals surface area contributed by atoms with Gasteiger partial charge in [-0.05, 0) is 44.7 Å². The molecule has 2 aromatic rings. The molecule has 0 bridgehead atoms. The summed E-state index contributed by atoms with van der Waals surface area (Å²) in [5.74, 6) is 0. The quantitative estimate of drug-likeness (QED) is 0.578. The Labute approximate surface area is 188 Å². The maximum absolute atomic E-state index is 13.3. The van der Waals surface area contributed by atoms with Crippen LogP contribution in [-0.4, -0.2) is 41.9 Å². The van der Waals surface area contributed by atoms with Crippen LogP contribution in [0, 0.1) is 13.8 Å². The van der Waals surface area contributed by atoms with Gasteiger partial charge in [0.25, 0.3) is 0 Å². The van der Waals surface area contributed by atoms with E-state index in [0.29, 0.717) is 25.9 Å². The summed E-state index contributed by atoms with van der Waals surface area (Å²) < 4.78 is 26.5. The van der Waals surface area contributed by atoms with E-state index in [0.717, 1.165) is 10.8 Å². The summed E-state index contributed by atoms with van der Waals surface area (Å²) in [4.78, 5) is 6.20. The molecule has 1 aliphatic carbocycles. The molecule has 0 amide bonds. The van der Waals surface area contributed by atoms with Crippen molar-refractivity contribution in [1.29, 1.82) is 0 Å². The number of hydrogen-bond donors (Lipinski definition) is 0. The molecule has 1 fully saturated rings. The molecule has 7 heteroatoms. The Balaban J connectivity index is 1.47. The molecule has 0 saturated carbocycles. The summed E-state index contributed by atoms with van der Waals surface area (Å²) in [7, 11) is -3.36. The number of hydrogen-bond acceptors (Lipinski definition) is 5. The molecule has 160 valence electrons. The number of aryl methyl sites for hydroxylation is 2. The van der Waals surface area contributed by atoms with Gasteiger partial charge in [0.1, 0.15) is 5.25 Å². The van der Waals surface area contributed by atoms with Crippen molar-refractivity contribution in [2.45, 2.75) is 49.0 Å². The average Bonchev–Trinajstić information content (AvgIpc) is 3.17. The zero-order chi connectivity index (χ0) is 21.5. The Hall–Kier alpha value is -1.63. The van der Waals surface area contributed by atoms with Gasteiger partial charge in [-0.3, -0.25) is 0 Å². The SMILES string of the molecule is Cc1cccc(C)c1-c1csc(N2CCC(S(=O)(=O)C3C=CC=CC3(C)Cl)CC2)n1. The minimum Gasteiger partial charge on any atom is -0.348 e. The lowest BCUT2D eigenvalue weighted by Crippen LogP contribution is -2.47. The van der Waals surface area contributed by atoms with Gasteiger partial charge >= 0.3 is 0 Å². The van der Waals surface area contributed by atoms with Crippen molar-refractivity contribution in [3.8, 4) is 11.3 Å². The van der Waals surface area contributed by atoms with Crippen LogP contribution in [0.1, 0.15) is 30.9 Å². The van der Waals surface area contributed by atoms with Gasteiger partial charge in [0.05, 0.1) is 15.8 Å². The van der Waals surface area contributed by atoms with Crippen molar-refractivity contribution < 1.29 is 8.42 Å². The smallest absolute Gasteiger partial charge is 0.185 e. The highest BCUT2D eigenvalue weighted by atomic mass is 35.5. The van der Waals surface area contributed by atoms with Gasteiger partial charge in [-0.25, -0.2) is 13.4 Å². The molecule has 30 heavy (non-hydrogen) atoms. The van der Waals surface area contributed by atoms with Gasteiger partial charge < -0.3 is 4.90 Å². The number of rotatable bonds is 4. The summed E-state index contributed by atoms with van der Waals surface area (Å²) >= 11 is 8.15. The van der Waals surface area contributed by atoms with Crippen LogP contribution in [-0.2, 0) is 9.84 Å². The Kier molecular flexibility index (Phi) is 5.86. The van der Waals surface area contributed by atoms with Crippen molar-refractivity contribution in [2.75, 3.05) is 18.0 Å². The number of anilines is 1. The molecule has 1 aromatic heterocycles. The third kappa shape index (κ3) is 3.97. The lowest BCUT2D eigenvalue weighted by Gasteiger charge is -2.36. The number of piperidine rings is 1. The van der Waals surface area contributed by atoms with Crippen LogP contribution in [0.5, 0.6) is 0 Å². The molecule has 2 aliphatic rings. The predicted octanol–water partition coefficient (Wildman–Crippen LogP) is 5.30. The normalized spacial score (nSPS) is 25.1. The van der Waals surface area contributed by atoms with Crippen LogP contribution in [0.2, 0.25) is 0 Å². The van der Waals surface area contributed by atoms with Gasteiger partial charge in [-0.15, -0.1) is 22.9 Å². The minimum atomic E-state index is -3.36. The van der Waals surface area contributed by atoms with E-state index < -0.39 is 20.0 Å². The minimum absolute atomic E-state index is 0.369. The highest BCUT2D eigenvalue weighted by Gasteiger charge is 2.44. The third-order valence-electron chi connectivity index (χ3n) is 6.14. The molecule has 4 nitrogen and oxygen atoms in total. The van der Waals surface area contributed by atoms with Crippen molar-refractivity contribution in [3.63, 3.8) is 0 Å². The third-order valence-corrected chi connectivity index (χ3v) is 10.3. The van der Waals surface area contributed by atoms with E-state index in [9.17, 15) is 8.42 Å². The number of nitrogens with zero attached hydrogens (tertiary/aromatic N) is 2. The van der Waals surface area contributed by atoms with E-state index in [1.807, 2.05) is 6.08 Å². The Morgan fingerprint density at radius 2 is 1.83 bits per heavy atom. The average molecular weight is 463 g/mol. The zero-order valence-corrected chi connectivity index (χ0v) is 19.9. The van der Waals surface area contributed by atoms with E-state index >= 15 is 0 Å². The number of allylic oxidation sites excluding steroid dienone is 3. The number of alkyl halides is 1. The van der Waals surface area contributed by atoms with E-state index in [-0.39, 0.29) is 5.25 Å². The monoisotopic (exact) mass is 462 g/mol. The predicted molar refractivity (Wildman–Crippen MR) is 128 cm³/mol. The van der Waals surface area contributed by atoms with Crippen LogP contribution in [0.25, 0.3) is 11.3 Å². The standard InChI is InChI=1S/C23H27ClN2O2S2/c1-16-7-6-8-17(2)21(16)19-15-29-22(25-19)26-13-10-18(11-14-26)30(27,28)20-9-4-5-12-23(20,3)24/h4-9,12,15,18,20H,10-11,13-14H2,1-3H3. The second-order valence-corrected chi connectivity index (χ2v) is 12.4. The maximum Gasteiger partial charge on any atom is 0.185 e. The first-order chi connectivity index (χ1) is 14.2. The highest BCUT2D eigenvalue weighted by Crippen LogP contribution is 2.37. The van der Waals surface area contributed by atoms with E-state index in [1.54, 1.807) is 36.5 Å².